The lowest BCUT2D eigenvalue weighted by molar-refractivity contribution is 0.437. The van der Waals surface area contributed by atoms with Gasteiger partial charge in [0.1, 0.15) is 0 Å². The van der Waals surface area contributed by atoms with Crippen molar-refractivity contribution in [3.8, 4) is 23.7 Å². The van der Waals surface area contributed by atoms with Crippen molar-refractivity contribution in [1.82, 2.24) is 9.97 Å². The second-order valence-corrected chi connectivity index (χ2v) is 11.1. The molecule has 40 heavy (non-hydrogen) atoms. The van der Waals surface area contributed by atoms with Crippen LogP contribution in [0, 0.1) is 84.5 Å². The molecule has 2 aromatic carbocycles. The highest BCUT2D eigenvalue weighted by Crippen LogP contribution is 2.27. The van der Waals surface area contributed by atoms with Crippen LogP contribution in [0.15, 0.2) is 49.1 Å². The van der Waals surface area contributed by atoms with Crippen molar-refractivity contribution in [2.45, 2.75) is 0 Å². The maximum absolute atomic E-state index is 12.6. The van der Waals surface area contributed by atoms with Crippen LogP contribution in [0.3, 0.4) is 0 Å². The highest BCUT2D eigenvalue weighted by Gasteiger charge is 2.22. The van der Waals surface area contributed by atoms with Crippen LogP contribution in [0.25, 0.3) is 0 Å². The van der Waals surface area contributed by atoms with Crippen LogP contribution in [0.1, 0.15) is 11.1 Å². The number of pyridine rings is 2. The summed E-state index contributed by atoms with van der Waals surface area (Å²) in [6.45, 7) is 0. The first-order valence-corrected chi connectivity index (χ1v) is 14.4. The van der Waals surface area contributed by atoms with Gasteiger partial charge in [-0.05, 0) is 126 Å². The number of hydrogen-bond acceptors (Lipinski definition) is 2. The predicted molar refractivity (Wildman–Crippen MR) is 166 cm³/mol. The number of aromatic nitrogens is 2. The summed E-state index contributed by atoms with van der Waals surface area (Å²) in [6.07, 6.45) is 6.84. The van der Waals surface area contributed by atoms with Gasteiger partial charge in [0.15, 0.2) is 46.5 Å². The molecule has 4 rings (SSSR count). The molecular formula is C26H8F8I4N2. The molecule has 0 radical (unpaired) electrons. The molecule has 0 aliphatic heterocycles. The molecule has 14 heteroatoms. The summed E-state index contributed by atoms with van der Waals surface area (Å²) < 4.78 is 98.5. The molecule has 0 fully saturated rings. The van der Waals surface area contributed by atoms with Crippen LogP contribution >= 0.6 is 90.4 Å². The molecule has 0 spiro atoms. The van der Waals surface area contributed by atoms with Gasteiger partial charge in [-0.25, -0.2) is 35.1 Å². The van der Waals surface area contributed by atoms with Gasteiger partial charge in [-0.15, -0.1) is 0 Å². The van der Waals surface area contributed by atoms with Crippen LogP contribution in [-0.4, -0.2) is 9.97 Å². The van der Waals surface area contributed by atoms with Gasteiger partial charge in [0.05, 0.1) is 14.3 Å². The van der Waals surface area contributed by atoms with Gasteiger partial charge in [-0.3, -0.25) is 9.97 Å². The van der Waals surface area contributed by atoms with Crippen molar-refractivity contribution >= 4 is 90.4 Å². The minimum atomic E-state index is -1.35. The summed E-state index contributed by atoms with van der Waals surface area (Å²) in [5, 5.41) is 0. The molecular weight excluding hydrogens is 1000 g/mol. The summed E-state index contributed by atoms with van der Waals surface area (Å²) in [5.41, 5.74) is 1.73. The zero-order chi connectivity index (χ0) is 30.0. The Morgan fingerprint density at radius 3 is 0.900 bits per heavy atom. The number of hydrogen-bond donors (Lipinski definition) is 0. The minimum Gasteiger partial charge on any atom is -0.263 e. The van der Waals surface area contributed by atoms with E-state index in [0.29, 0.717) is 0 Å². The SMILES string of the molecule is C(C#Cc1cccnc1)#Cc1cccnc1.Fc1c(F)c(I)c(F)c(F)c1I.Fc1c(F)c(I)c(F)c(F)c1I. The first-order valence-electron chi connectivity index (χ1n) is 10.0. The quantitative estimate of drug-likeness (QED) is 0.0580. The first kappa shape index (κ1) is 34.4. The summed E-state index contributed by atoms with van der Waals surface area (Å²) in [6, 6.07) is 7.48. The fraction of sp³-hybridized carbons (Fsp3) is 0. The van der Waals surface area contributed by atoms with E-state index in [1.165, 1.54) is 90.4 Å². The van der Waals surface area contributed by atoms with E-state index in [9.17, 15) is 35.1 Å². The maximum atomic E-state index is 12.6. The fourth-order valence-corrected chi connectivity index (χ4v) is 4.13. The number of halogens is 12. The highest BCUT2D eigenvalue weighted by atomic mass is 127. The molecule has 0 saturated heterocycles. The number of benzene rings is 2. The zero-order valence-corrected chi connectivity index (χ0v) is 27.7. The Labute approximate surface area is 277 Å². The van der Waals surface area contributed by atoms with Gasteiger partial charge in [-0.1, -0.05) is 11.8 Å². The van der Waals surface area contributed by atoms with E-state index in [1.54, 1.807) is 24.8 Å². The molecule has 4 aromatic rings. The molecule has 2 heterocycles. The Morgan fingerprint density at radius 2 is 0.700 bits per heavy atom. The lowest BCUT2D eigenvalue weighted by Gasteiger charge is -2.02. The van der Waals surface area contributed by atoms with Gasteiger partial charge in [-0.2, -0.15) is 0 Å². The fourth-order valence-electron chi connectivity index (χ4n) is 2.24. The molecule has 0 N–H and O–H groups in total. The van der Waals surface area contributed by atoms with Crippen molar-refractivity contribution in [2.75, 3.05) is 0 Å². The summed E-state index contributed by atoms with van der Waals surface area (Å²) >= 11 is 4.81. The Hall–Kier alpha value is -1.78. The first-order chi connectivity index (χ1) is 18.9. The molecule has 0 saturated carbocycles. The molecule has 0 unspecified atom stereocenters. The van der Waals surface area contributed by atoms with Crippen LogP contribution < -0.4 is 0 Å². The van der Waals surface area contributed by atoms with Crippen molar-refractivity contribution in [3.05, 3.63) is 121 Å². The summed E-state index contributed by atoms with van der Waals surface area (Å²) in [4.78, 5) is 7.92. The van der Waals surface area contributed by atoms with Gasteiger partial charge in [0, 0.05) is 35.9 Å². The normalized spacial score (nSPS) is 9.60. The lowest BCUT2D eigenvalue weighted by atomic mass is 10.3. The van der Waals surface area contributed by atoms with Crippen LogP contribution in [-0.2, 0) is 0 Å². The monoisotopic (exact) mass is 1010 g/mol. The van der Waals surface area contributed by atoms with E-state index in [-0.39, 0.29) is 0 Å². The van der Waals surface area contributed by atoms with Crippen LogP contribution in [0.5, 0.6) is 0 Å². The van der Waals surface area contributed by atoms with E-state index in [4.69, 9.17) is 0 Å². The molecule has 206 valence electrons. The Bertz CT molecular complexity index is 1300. The van der Waals surface area contributed by atoms with Gasteiger partial charge >= 0.3 is 0 Å². The van der Waals surface area contributed by atoms with E-state index in [1.807, 2.05) is 24.3 Å². The third-order valence-electron chi connectivity index (χ3n) is 4.11. The molecule has 2 aromatic heterocycles. The number of rotatable bonds is 0. The molecule has 0 aliphatic rings. The summed E-state index contributed by atoms with van der Waals surface area (Å²) in [7, 11) is 0. The minimum absolute atomic E-state index is 0.664. The lowest BCUT2D eigenvalue weighted by Crippen LogP contribution is -2.02. The molecule has 0 amide bonds. The van der Waals surface area contributed by atoms with Crippen LogP contribution in [0.2, 0.25) is 0 Å². The maximum Gasteiger partial charge on any atom is 0.176 e. The van der Waals surface area contributed by atoms with Gasteiger partial charge in [0.25, 0.3) is 0 Å². The van der Waals surface area contributed by atoms with E-state index >= 15 is 0 Å². The topological polar surface area (TPSA) is 25.8 Å². The zero-order valence-electron chi connectivity index (χ0n) is 19.0. The summed E-state index contributed by atoms with van der Waals surface area (Å²) in [5.74, 6) is 0.573. The van der Waals surface area contributed by atoms with Crippen molar-refractivity contribution in [1.29, 1.82) is 0 Å². The van der Waals surface area contributed by atoms with Gasteiger partial charge < -0.3 is 0 Å². The second kappa shape index (κ2) is 16.6. The predicted octanol–water partition coefficient (Wildman–Crippen LogP) is 8.78. The average Bonchev–Trinajstić information content (AvgIpc) is 2.99. The third-order valence-corrected chi connectivity index (χ3v) is 7.90. The average molecular weight is 1010 g/mol. The molecule has 0 aliphatic carbocycles. The van der Waals surface area contributed by atoms with Crippen molar-refractivity contribution in [3.63, 3.8) is 0 Å². The van der Waals surface area contributed by atoms with Crippen LogP contribution in [0.4, 0.5) is 35.1 Å². The Kier molecular flexibility index (Phi) is 14.3. The third kappa shape index (κ3) is 9.38. The number of nitrogens with zero attached hydrogens (tertiary/aromatic N) is 2. The largest absolute Gasteiger partial charge is 0.263 e. The molecule has 0 bridgehead atoms. The van der Waals surface area contributed by atoms with Crippen molar-refractivity contribution < 1.29 is 35.1 Å². The van der Waals surface area contributed by atoms with E-state index < -0.39 is 60.8 Å². The molecule has 2 nitrogen and oxygen atoms in total. The Balaban J connectivity index is 0.000000214. The second-order valence-electron chi connectivity index (χ2n) is 6.75. The van der Waals surface area contributed by atoms with E-state index in [0.717, 1.165) is 11.1 Å². The molecule has 0 atom stereocenters. The van der Waals surface area contributed by atoms with E-state index in [2.05, 4.69) is 33.6 Å². The van der Waals surface area contributed by atoms with Crippen molar-refractivity contribution in [2.24, 2.45) is 0 Å². The standard InChI is InChI=1S/C14H8N2.2C6F4I2/c1(5-13-7-3-9-15-11-13)2-6-14-8-4-10-16-12-14;2*7-1-2(8)6(12)4(10)3(9)5(1)11/h3-4,7-12H;;. The Morgan fingerprint density at radius 1 is 0.450 bits per heavy atom. The van der Waals surface area contributed by atoms with Gasteiger partial charge in [0.2, 0.25) is 0 Å². The smallest absolute Gasteiger partial charge is 0.176 e. The highest BCUT2D eigenvalue weighted by molar-refractivity contribution is 14.1.